The van der Waals surface area contributed by atoms with E-state index in [1.54, 1.807) is 0 Å². The van der Waals surface area contributed by atoms with Gasteiger partial charge in [-0.05, 0) is 30.8 Å². The van der Waals surface area contributed by atoms with Crippen LogP contribution in [0.2, 0.25) is 0 Å². The highest BCUT2D eigenvalue weighted by molar-refractivity contribution is 7.71. The van der Waals surface area contributed by atoms with E-state index in [1.807, 2.05) is 24.0 Å². The third-order valence-electron chi connectivity index (χ3n) is 3.50. The second-order valence-corrected chi connectivity index (χ2v) is 5.14. The maximum Gasteiger partial charge on any atom is 0.178 e. The zero-order valence-corrected chi connectivity index (χ0v) is 11.9. The summed E-state index contributed by atoms with van der Waals surface area (Å²) in [5, 5.41) is 0. The summed E-state index contributed by atoms with van der Waals surface area (Å²) in [5.74, 6) is 1.07. The van der Waals surface area contributed by atoms with Gasteiger partial charge in [0.2, 0.25) is 0 Å². The Bertz CT molecular complexity index is 778. The van der Waals surface area contributed by atoms with Gasteiger partial charge in [0.05, 0.1) is 11.0 Å². The van der Waals surface area contributed by atoms with Crippen LogP contribution in [-0.4, -0.2) is 19.1 Å². The molecule has 19 heavy (non-hydrogen) atoms. The maximum absolute atomic E-state index is 5.42. The molecule has 0 aliphatic rings. The first kappa shape index (κ1) is 12.2. The molecule has 5 heteroatoms. The fraction of sp³-hybridized carbons (Fsp3) is 0.286. The van der Waals surface area contributed by atoms with Gasteiger partial charge in [-0.1, -0.05) is 12.1 Å². The van der Waals surface area contributed by atoms with Crippen LogP contribution in [0, 0.1) is 11.7 Å². The molecule has 0 saturated carbocycles. The molecule has 0 amide bonds. The van der Waals surface area contributed by atoms with Crippen molar-refractivity contribution in [3.8, 4) is 0 Å². The Morgan fingerprint density at radius 2 is 2.21 bits per heavy atom. The lowest BCUT2D eigenvalue weighted by Gasteiger charge is -2.05. The van der Waals surface area contributed by atoms with Crippen LogP contribution in [0.15, 0.2) is 30.6 Å². The lowest BCUT2D eigenvalue weighted by atomic mass is 10.2. The molecule has 4 nitrogen and oxygen atoms in total. The van der Waals surface area contributed by atoms with E-state index in [2.05, 4.69) is 39.7 Å². The predicted molar refractivity (Wildman–Crippen MR) is 78.8 cm³/mol. The van der Waals surface area contributed by atoms with E-state index in [9.17, 15) is 0 Å². The third-order valence-corrected chi connectivity index (χ3v) is 3.82. The Morgan fingerprint density at radius 3 is 2.95 bits per heavy atom. The van der Waals surface area contributed by atoms with Gasteiger partial charge in [-0.25, -0.2) is 4.98 Å². The number of benzene rings is 1. The largest absolute Gasteiger partial charge is 0.338 e. The maximum atomic E-state index is 5.42. The molecule has 2 heterocycles. The van der Waals surface area contributed by atoms with Crippen molar-refractivity contribution in [3.63, 3.8) is 0 Å². The van der Waals surface area contributed by atoms with Crippen molar-refractivity contribution in [2.75, 3.05) is 0 Å². The molecule has 0 unspecified atom stereocenters. The average Bonchev–Trinajstić information content (AvgIpc) is 2.92. The normalized spacial score (nSPS) is 11.3. The van der Waals surface area contributed by atoms with Crippen LogP contribution in [0.1, 0.15) is 11.4 Å². The molecule has 0 fully saturated rings. The molecular formula is C14H16N4S. The highest BCUT2D eigenvalue weighted by atomic mass is 32.1. The lowest BCUT2D eigenvalue weighted by Crippen LogP contribution is -2.05. The molecule has 3 aromatic rings. The number of aryl methyl sites for hydroxylation is 4. The summed E-state index contributed by atoms with van der Waals surface area (Å²) in [6, 6.07) is 6.27. The first-order valence-corrected chi connectivity index (χ1v) is 6.72. The lowest BCUT2D eigenvalue weighted by molar-refractivity contribution is 0.657. The molecule has 2 aromatic heterocycles. The summed E-state index contributed by atoms with van der Waals surface area (Å²) < 4.78 is 4.97. The van der Waals surface area contributed by atoms with Crippen molar-refractivity contribution in [2.45, 2.75) is 19.9 Å². The fourth-order valence-corrected chi connectivity index (χ4v) is 2.69. The third kappa shape index (κ3) is 2.10. The second-order valence-electron chi connectivity index (χ2n) is 4.76. The molecule has 0 saturated heterocycles. The molecule has 0 atom stereocenters. The van der Waals surface area contributed by atoms with E-state index in [0.29, 0.717) is 0 Å². The van der Waals surface area contributed by atoms with Gasteiger partial charge in [0.1, 0.15) is 5.82 Å². The monoisotopic (exact) mass is 272 g/mol. The molecule has 3 rings (SSSR count). The predicted octanol–water partition coefficient (Wildman–Crippen LogP) is 2.98. The van der Waals surface area contributed by atoms with Gasteiger partial charge in [0.25, 0.3) is 0 Å². The number of hydrogen-bond acceptors (Lipinski definition) is 2. The number of nitrogens with zero attached hydrogens (tertiary/aromatic N) is 3. The van der Waals surface area contributed by atoms with Crippen LogP contribution in [0.3, 0.4) is 0 Å². The summed E-state index contributed by atoms with van der Waals surface area (Å²) in [7, 11) is 2.01. The highest BCUT2D eigenvalue weighted by Gasteiger charge is 2.07. The highest BCUT2D eigenvalue weighted by Crippen LogP contribution is 2.18. The Morgan fingerprint density at radius 1 is 1.37 bits per heavy atom. The Hall–Kier alpha value is -1.88. The Balaban J connectivity index is 1.97. The summed E-state index contributed by atoms with van der Waals surface area (Å²) in [5.41, 5.74) is 3.52. The fourth-order valence-electron chi connectivity index (χ4n) is 2.39. The van der Waals surface area contributed by atoms with Crippen LogP contribution in [0.4, 0.5) is 0 Å². The number of imidazole rings is 2. The quantitative estimate of drug-likeness (QED) is 0.744. The summed E-state index contributed by atoms with van der Waals surface area (Å²) in [6.07, 6.45) is 4.67. The average molecular weight is 272 g/mol. The van der Waals surface area contributed by atoms with Crippen LogP contribution >= 0.6 is 12.2 Å². The van der Waals surface area contributed by atoms with E-state index >= 15 is 0 Å². The van der Waals surface area contributed by atoms with E-state index in [0.717, 1.165) is 29.1 Å². The van der Waals surface area contributed by atoms with E-state index in [1.165, 1.54) is 11.1 Å². The number of rotatable bonds is 3. The molecule has 0 aliphatic heterocycles. The standard InChI is InChI=1S/C14H16N4S/c1-10-4-3-5-11-13(10)16-14(19)18(11)8-6-12-15-7-9-17(12)2/h3-5,7,9H,6,8H2,1-2H3,(H,16,19). The zero-order valence-electron chi connectivity index (χ0n) is 11.1. The smallest absolute Gasteiger partial charge is 0.178 e. The number of hydrogen-bond donors (Lipinski definition) is 1. The van der Waals surface area contributed by atoms with Gasteiger partial charge in [0.15, 0.2) is 4.77 Å². The molecule has 1 N–H and O–H groups in total. The molecule has 0 radical (unpaired) electrons. The number of nitrogens with one attached hydrogen (secondary N) is 1. The van der Waals surface area contributed by atoms with Crippen LogP contribution < -0.4 is 0 Å². The zero-order chi connectivity index (χ0) is 13.4. The Kier molecular flexibility index (Phi) is 2.98. The molecular weight excluding hydrogens is 256 g/mol. The van der Waals surface area contributed by atoms with Crippen molar-refractivity contribution in [3.05, 3.63) is 46.8 Å². The minimum Gasteiger partial charge on any atom is -0.338 e. The molecule has 1 aromatic carbocycles. The van der Waals surface area contributed by atoms with Crippen LogP contribution in [0.25, 0.3) is 11.0 Å². The second kappa shape index (κ2) is 4.66. The molecule has 98 valence electrons. The number of fused-ring (bicyclic) bond motifs is 1. The van der Waals surface area contributed by atoms with E-state index in [4.69, 9.17) is 12.2 Å². The number of H-pyrrole nitrogens is 1. The van der Waals surface area contributed by atoms with Crippen molar-refractivity contribution >= 4 is 23.3 Å². The van der Waals surface area contributed by atoms with Gasteiger partial charge in [-0.3, -0.25) is 0 Å². The first-order valence-electron chi connectivity index (χ1n) is 6.31. The summed E-state index contributed by atoms with van der Waals surface area (Å²) >= 11 is 5.42. The van der Waals surface area contributed by atoms with Crippen molar-refractivity contribution in [1.82, 2.24) is 19.1 Å². The van der Waals surface area contributed by atoms with Gasteiger partial charge >= 0.3 is 0 Å². The number of para-hydroxylation sites is 1. The van der Waals surface area contributed by atoms with Crippen molar-refractivity contribution in [2.24, 2.45) is 7.05 Å². The molecule has 0 bridgehead atoms. The minimum absolute atomic E-state index is 0.776. The number of aromatic amines is 1. The van der Waals surface area contributed by atoms with Crippen molar-refractivity contribution < 1.29 is 0 Å². The van der Waals surface area contributed by atoms with Gasteiger partial charge in [-0.2, -0.15) is 0 Å². The van der Waals surface area contributed by atoms with Gasteiger partial charge < -0.3 is 14.1 Å². The van der Waals surface area contributed by atoms with Crippen LogP contribution in [-0.2, 0) is 20.0 Å². The van der Waals surface area contributed by atoms with E-state index < -0.39 is 0 Å². The van der Waals surface area contributed by atoms with Crippen LogP contribution in [0.5, 0.6) is 0 Å². The summed E-state index contributed by atoms with van der Waals surface area (Å²) in [4.78, 5) is 7.64. The van der Waals surface area contributed by atoms with Gasteiger partial charge in [0, 0.05) is 32.4 Å². The summed E-state index contributed by atoms with van der Waals surface area (Å²) in [6.45, 7) is 2.93. The molecule has 0 aliphatic carbocycles. The SMILES string of the molecule is Cc1cccc2c1[nH]c(=S)n2CCc1nccn1C. The first-order chi connectivity index (χ1) is 9.16. The molecule has 0 spiro atoms. The van der Waals surface area contributed by atoms with Gasteiger partial charge in [-0.15, -0.1) is 0 Å². The Labute approximate surface area is 116 Å². The number of aromatic nitrogens is 4. The van der Waals surface area contributed by atoms with E-state index in [-0.39, 0.29) is 0 Å². The minimum atomic E-state index is 0.776. The van der Waals surface area contributed by atoms with Crippen molar-refractivity contribution in [1.29, 1.82) is 0 Å². The topological polar surface area (TPSA) is 38.5 Å².